The average molecular weight is 377 g/mol. The zero-order chi connectivity index (χ0) is 19.6. The molecule has 1 aliphatic carbocycles. The topological polar surface area (TPSA) is 105 Å². The van der Waals surface area contributed by atoms with Gasteiger partial charge in [0.15, 0.2) is 6.10 Å². The minimum absolute atomic E-state index is 0.222. The first-order valence-electron chi connectivity index (χ1n) is 8.71. The van der Waals surface area contributed by atoms with Gasteiger partial charge >= 0.3 is 12.0 Å². The monoisotopic (exact) mass is 377 g/mol. The number of ether oxygens (including phenoxy) is 1. The van der Waals surface area contributed by atoms with E-state index in [4.69, 9.17) is 4.74 Å². The zero-order valence-electron chi connectivity index (χ0n) is 14.8. The minimum atomic E-state index is -1.18. The molecule has 1 aromatic carbocycles. The number of carbonyl (C=O) groups is 4. The fraction of sp³-hybridized carbons (Fsp3) is 0.444. The van der Waals surface area contributed by atoms with Gasteiger partial charge in [-0.1, -0.05) is 18.9 Å². The fourth-order valence-corrected chi connectivity index (χ4v) is 3.36. The molecule has 1 saturated carbocycles. The number of hydrogen-bond donors (Lipinski definition) is 2. The molecule has 2 aliphatic rings. The summed E-state index contributed by atoms with van der Waals surface area (Å²) in [5.41, 5.74) is -0.683. The van der Waals surface area contributed by atoms with Gasteiger partial charge < -0.3 is 15.4 Å². The van der Waals surface area contributed by atoms with Crippen LogP contribution in [0, 0.1) is 5.82 Å². The van der Waals surface area contributed by atoms with Gasteiger partial charge in [-0.05, 0) is 38.0 Å². The summed E-state index contributed by atoms with van der Waals surface area (Å²) in [6.45, 7) is 0.779. The van der Waals surface area contributed by atoms with Crippen molar-refractivity contribution in [2.75, 3.05) is 11.9 Å². The third kappa shape index (κ3) is 3.91. The molecule has 1 heterocycles. The number of anilines is 1. The first-order chi connectivity index (χ1) is 12.8. The maximum atomic E-state index is 13.1. The number of halogens is 1. The van der Waals surface area contributed by atoms with E-state index in [0.717, 1.165) is 23.8 Å². The highest BCUT2D eigenvalue weighted by atomic mass is 19.1. The van der Waals surface area contributed by atoms with E-state index in [1.54, 1.807) is 0 Å². The van der Waals surface area contributed by atoms with Crippen LogP contribution in [0.1, 0.15) is 32.6 Å². The van der Waals surface area contributed by atoms with Gasteiger partial charge in [-0.25, -0.2) is 9.18 Å². The molecule has 2 fully saturated rings. The fourth-order valence-electron chi connectivity index (χ4n) is 3.36. The number of amides is 4. The van der Waals surface area contributed by atoms with Gasteiger partial charge in [-0.3, -0.25) is 19.3 Å². The molecule has 0 radical (unpaired) electrons. The standard InChI is InChI=1S/C18H20FN3O5/c1-11(15(24)20-13-6-4-5-12(19)9-13)27-14(23)10-22-16(25)18(21-17(22)26)7-2-3-8-18/h4-6,9,11H,2-3,7-8,10H2,1H3,(H,20,24)(H,21,26)/t11-/m1/s1. The van der Waals surface area contributed by atoms with E-state index in [9.17, 15) is 23.6 Å². The summed E-state index contributed by atoms with van der Waals surface area (Å²) in [7, 11) is 0. The third-order valence-electron chi connectivity index (χ3n) is 4.76. The van der Waals surface area contributed by atoms with Crippen molar-refractivity contribution < 1.29 is 28.3 Å². The normalized spacial score (nSPS) is 19.1. The van der Waals surface area contributed by atoms with E-state index in [1.807, 2.05) is 0 Å². The van der Waals surface area contributed by atoms with Crippen LogP contribution < -0.4 is 10.6 Å². The molecule has 8 nitrogen and oxygen atoms in total. The van der Waals surface area contributed by atoms with E-state index in [2.05, 4.69) is 10.6 Å². The molecule has 1 saturated heterocycles. The van der Waals surface area contributed by atoms with Crippen LogP contribution in [0.4, 0.5) is 14.9 Å². The number of esters is 1. The predicted molar refractivity (Wildman–Crippen MR) is 92.0 cm³/mol. The van der Waals surface area contributed by atoms with Crippen molar-refractivity contribution in [2.24, 2.45) is 0 Å². The molecular formula is C18H20FN3O5. The van der Waals surface area contributed by atoms with Crippen molar-refractivity contribution in [3.8, 4) is 0 Å². The van der Waals surface area contributed by atoms with Crippen LogP contribution in [-0.4, -0.2) is 46.9 Å². The Morgan fingerprint density at radius 1 is 1.33 bits per heavy atom. The number of carbonyl (C=O) groups excluding carboxylic acids is 4. The molecule has 27 heavy (non-hydrogen) atoms. The van der Waals surface area contributed by atoms with E-state index in [-0.39, 0.29) is 5.69 Å². The Labute approximate surface area is 155 Å². The molecule has 2 N–H and O–H groups in total. The Morgan fingerprint density at radius 2 is 2.04 bits per heavy atom. The number of nitrogens with one attached hydrogen (secondary N) is 2. The minimum Gasteiger partial charge on any atom is -0.451 e. The second kappa shape index (κ2) is 7.34. The van der Waals surface area contributed by atoms with Crippen LogP contribution in [0.25, 0.3) is 0 Å². The van der Waals surface area contributed by atoms with Crippen molar-refractivity contribution in [1.29, 1.82) is 0 Å². The summed E-state index contributed by atoms with van der Waals surface area (Å²) < 4.78 is 18.1. The number of urea groups is 1. The zero-order valence-corrected chi connectivity index (χ0v) is 14.8. The molecule has 1 atom stereocenters. The second-order valence-electron chi connectivity index (χ2n) is 6.74. The molecule has 1 spiro atoms. The summed E-state index contributed by atoms with van der Waals surface area (Å²) in [6, 6.07) is 4.65. The number of nitrogens with zero attached hydrogens (tertiary/aromatic N) is 1. The van der Waals surface area contributed by atoms with Crippen molar-refractivity contribution >= 4 is 29.5 Å². The van der Waals surface area contributed by atoms with Gasteiger partial charge in [0.05, 0.1) is 0 Å². The first kappa shape index (κ1) is 18.8. The van der Waals surface area contributed by atoms with Crippen LogP contribution in [0.5, 0.6) is 0 Å². The van der Waals surface area contributed by atoms with Crippen molar-refractivity contribution in [3.63, 3.8) is 0 Å². The molecule has 9 heteroatoms. The van der Waals surface area contributed by atoms with E-state index < -0.39 is 47.8 Å². The van der Waals surface area contributed by atoms with Crippen LogP contribution in [-0.2, 0) is 19.1 Å². The second-order valence-corrected chi connectivity index (χ2v) is 6.74. The molecule has 4 amide bonds. The highest BCUT2D eigenvalue weighted by Crippen LogP contribution is 2.34. The summed E-state index contributed by atoms with van der Waals surface area (Å²) in [4.78, 5) is 49.5. The summed E-state index contributed by atoms with van der Waals surface area (Å²) in [5, 5.41) is 5.09. The van der Waals surface area contributed by atoms with Gasteiger partial charge in [0.1, 0.15) is 17.9 Å². The molecule has 144 valence electrons. The van der Waals surface area contributed by atoms with Gasteiger partial charge in [0, 0.05) is 5.69 Å². The van der Waals surface area contributed by atoms with Crippen molar-refractivity contribution in [1.82, 2.24) is 10.2 Å². The van der Waals surface area contributed by atoms with E-state index in [1.165, 1.54) is 25.1 Å². The van der Waals surface area contributed by atoms with Gasteiger partial charge in [0.25, 0.3) is 11.8 Å². The van der Waals surface area contributed by atoms with Crippen molar-refractivity contribution in [3.05, 3.63) is 30.1 Å². The molecule has 0 bridgehead atoms. The first-order valence-corrected chi connectivity index (χ1v) is 8.71. The highest BCUT2D eigenvalue weighted by Gasteiger charge is 2.52. The Hall–Kier alpha value is -2.97. The molecule has 0 aromatic heterocycles. The SMILES string of the molecule is C[C@@H](OC(=O)CN1C(=O)NC2(CCCC2)C1=O)C(=O)Nc1cccc(F)c1. The maximum Gasteiger partial charge on any atom is 0.327 e. The highest BCUT2D eigenvalue weighted by molar-refractivity contribution is 6.09. The Kier molecular flexibility index (Phi) is 5.11. The Balaban J connectivity index is 1.55. The Bertz CT molecular complexity index is 791. The van der Waals surface area contributed by atoms with E-state index >= 15 is 0 Å². The lowest BCUT2D eigenvalue weighted by atomic mass is 9.98. The summed E-state index contributed by atoms with van der Waals surface area (Å²) >= 11 is 0. The third-order valence-corrected chi connectivity index (χ3v) is 4.76. The molecule has 3 rings (SSSR count). The Morgan fingerprint density at radius 3 is 2.70 bits per heavy atom. The van der Waals surface area contributed by atoms with Crippen LogP contribution in [0.2, 0.25) is 0 Å². The lowest BCUT2D eigenvalue weighted by Gasteiger charge is -2.20. The smallest absolute Gasteiger partial charge is 0.327 e. The lowest BCUT2D eigenvalue weighted by Crippen LogP contribution is -2.44. The summed E-state index contributed by atoms with van der Waals surface area (Å²) in [6.07, 6.45) is 1.59. The number of benzene rings is 1. The summed E-state index contributed by atoms with van der Waals surface area (Å²) in [5.74, 6) is -2.48. The van der Waals surface area contributed by atoms with Crippen LogP contribution in [0.15, 0.2) is 24.3 Å². The predicted octanol–water partition coefficient (Wildman–Crippen LogP) is 1.56. The lowest BCUT2D eigenvalue weighted by molar-refractivity contribution is -0.155. The maximum absolute atomic E-state index is 13.1. The molecular weight excluding hydrogens is 357 g/mol. The number of rotatable bonds is 5. The van der Waals surface area contributed by atoms with Gasteiger partial charge in [-0.2, -0.15) is 0 Å². The van der Waals surface area contributed by atoms with E-state index in [0.29, 0.717) is 12.8 Å². The van der Waals surface area contributed by atoms with Crippen LogP contribution >= 0.6 is 0 Å². The van der Waals surface area contributed by atoms with Crippen LogP contribution in [0.3, 0.4) is 0 Å². The molecule has 1 aliphatic heterocycles. The molecule has 1 aromatic rings. The number of hydrogen-bond acceptors (Lipinski definition) is 5. The molecule has 0 unspecified atom stereocenters. The van der Waals surface area contributed by atoms with Crippen molar-refractivity contribution in [2.45, 2.75) is 44.2 Å². The van der Waals surface area contributed by atoms with Gasteiger partial charge in [0.2, 0.25) is 0 Å². The number of imide groups is 1. The largest absolute Gasteiger partial charge is 0.451 e. The quantitative estimate of drug-likeness (QED) is 0.599. The average Bonchev–Trinajstić information content (AvgIpc) is 3.16. The van der Waals surface area contributed by atoms with Gasteiger partial charge in [-0.15, -0.1) is 0 Å².